The lowest BCUT2D eigenvalue weighted by Crippen LogP contribution is -2.50. The number of carbonyl (C=O) groups is 2. The predicted molar refractivity (Wildman–Crippen MR) is 99.9 cm³/mol. The van der Waals surface area contributed by atoms with Crippen LogP contribution in [0.4, 0.5) is 11.5 Å². The SMILES string of the molecule is CC(=O)N1CCN(C(=O)c2cc(Nc3cc(Cl)ccc3Cl)ncn2)CC1. The number of nitrogens with one attached hydrogen (secondary N) is 1. The van der Waals surface area contributed by atoms with Gasteiger partial charge in [0.15, 0.2) is 0 Å². The van der Waals surface area contributed by atoms with Crippen molar-refractivity contribution in [2.45, 2.75) is 6.92 Å². The lowest BCUT2D eigenvalue weighted by molar-refractivity contribution is -0.130. The zero-order valence-electron chi connectivity index (χ0n) is 14.1. The molecule has 1 fully saturated rings. The molecule has 7 nitrogen and oxygen atoms in total. The molecule has 0 saturated carbocycles. The van der Waals surface area contributed by atoms with Crippen molar-refractivity contribution < 1.29 is 9.59 Å². The van der Waals surface area contributed by atoms with Crippen molar-refractivity contribution >= 4 is 46.5 Å². The summed E-state index contributed by atoms with van der Waals surface area (Å²) in [5.41, 5.74) is 0.864. The Morgan fingerprint density at radius 3 is 2.42 bits per heavy atom. The van der Waals surface area contributed by atoms with Crippen molar-refractivity contribution in [2.24, 2.45) is 0 Å². The lowest BCUT2D eigenvalue weighted by atomic mass is 10.2. The molecule has 0 unspecified atom stereocenters. The van der Waals surface area contributed by atoms with Gasteiger partial charge in [0, 0.05) is 44.2 Å². The summed E-state index contributed by atoms with van der Waals surface area (Å²) < 4.78 is 0. The molecule has 2 heterocycles. The number of amides is 2. The quantitative estimate of drug-likeness (QED) is 0.866. The van der Waals surface area contributed by atoms with Gasteiger partial charge >= 0.3 is 0 Å². The molecule has 1 aromatic carbocycles. The smallest absolute Gasteiger partial charge is 0.272 e. The zero-order valence-corrected chi connectivity index (χ0v) is 15.6. The molecule has 1 N–H and O–H groups in total. The fourth-order valence-electron chi connectivity index (χ4n) is 2.66. The van der Waals surface area contributed by atoms with Gasteiger partial charge in [-0.15, -0.1) is 0 Å². The standard InChI is InChI=1S/C17H17Cl2N5O2/c1-11(25)23-4-6-24(7-5-23)17(26)15-9-16(21-10-20-15)22-14-8-12(18)2-3-13(14)19/h2-3,8-10H,4-7H2,1H3,(H,20,21,22). The number of aromatic nitrogens is 2. The Morgan fingerprint density at radius 2 is 1.73 bits per heavy atom. The highest BCUT2D eigenvalue weighted by Gasteiger charge is 2.24. The van der Waals surface area contributed by atoms with Gasteiger partial charge in [-0.25, -0.2) is 9.97 Å². The third-order valence-corrected chi connectivity index (χ3v) is 4.65. The highest BCUT2D eigenvalue weighted by molar-refractivity contribution is 6.35. The maximum atomic E-state index is 12.7. The number of carbonyl (C=O) groups excluding carboxylic acids is 2. The highest BCUT2D eigenvalue weighted by Crippen LogP contribution is 2.27. The van der Waals surface area contributed by atoms with Crippen LogP contribution in [0.5, 0.6) is 0 Å². The third-order valence-electron chi connectivity index (χ3n) is 4.09. The summed E-state index contributed by atoms with van der Waals surface area (Å²) in [6.07, 6.45) is 1.32. The first kappa shape index (κ1) is 18.4. The Labute approximate surface area is 160 Å². The molecule has 3 rings (SSSR count). The van der Waals surface area contributed by atoms with E-state index in [1.165, 1.54) is 13.3 Å². The van der Waals surface area contributed by atoms with Crippen LogP contribution in [-0.4, -0.2) is 57.8 Å². The van der Waals surface area contributed by atoms with Crippen molar-refractivity contribution in [2.75, 3.05) is 31.5 Å². The van der Waals surface area contributed by atoms with Crippen molar-refractivity contribution in [3.63, 3.8) is 0 Å². The van der Waals surface area contributed by atoms with Crippen molar-refractivity contribution in [3.05, 3.63) is 46.3 Å². The van der Waals surface area contributed by atoms with E-state index in [-0.39, 0.29) is 17.5 Å². The molecule has 0 bridgehead atoms. The second-order valence-electron chi connectivity index (χ2n) is 5.84. The molecule has 1 aliphatic heterocycles. The lowest BCUT2D eigenvalue weighted by Gasteiger charge is -2.34. The maximum Gasteiger partial charge on any atom is 0.272 e. The van der Waals surface area contributed by atoms with Crippen LogP contribution in [-0.2, 0) is 4.79 Å². The van der Waals surface area contributed by atoms with Crippen LogP contribution in [0.25, 0.3) is 0 Å². The minimum atomic E-state index is -0.198. The third kappa shape index (κ3) is 4.23. The van der Waals surface area contributed by atoms with Gasteiger partial charge in [-0.2, -0.15) is 0 Å². The summed E-state index contributed by atoms with van der Waals surface area (Å²) in [6.45, 7) is 3.53. The minimum Gasteiger partial charge on any atom is -0.339 e. The Morgan fingerprint density at radius 1 is 1.04 bits per heavy atom. The van der Waals surface area contributed by atoms with Gasteiger partial charge in [-0.05, 0) is 18.2 Å². The summed E-state index contributed by atoms with van der Waals surface area (Å²) in [7, 11) is 0. The van der Waals surface area contributed by atoms with Crippen molar-refractivity contribution in [1.82, 2.24) is 19.8 Å². The van der Waals surface area contributed by atoms with Crippen LogP contribution >= 0.6 is 23.2 Å². The molecule has 2 aromatic rings. The topological polar surface area (TPSA) is 78.4 Å². The largest absolute Gasteiger partial charge is 0.339 e. The van der Waals surface area contributed by atoms with Crippen LogP contribution < -0.4 is 5.32 Å². The van der Waals surface area contributed by atoms with Gasteiger partial charge in [0.05, 0.1) is 10.7 Å². The van der Waals surface area contributed by atoms with E-state index in [1.54, 1.807) is 34.1 Å². The molecule has 26 heavy (non-hydrogen) atoms. The molecule has 136 valence electrons. The second-order valence-corrected chi connectivity index (χ2v) is 6.68. The van der Waals surface area contributed by atoms with E-state index in [9.17, 15) is 9.59 Å². The molecule has 9 heteroatoms. The molecule has 0 spiro atoms. The van der Waals surface area contributed by atoms with Gasteiger partial charge in [0.2, 0.25) is 5.91 Å². The van der Waals surface area contributed by atoms with E-state index in [1.807, 2.05) is 0 Å². The summed E-state index contributed by atoms with van der Waals surface area (Å²) >= 11 is 12.1. The van der Waals surface area contributed by atoms with E-state index in [2.05, 4.69) is 15.3 Å². The number of anilines is 2. The monoisotopic (exact) mass is 393 g/mol. The number of piperazine rings is 1. The van der Waals surface area contributed by atoms with Crippen molar-refractivity contribution in [3.8, 4) is 0 Å². The van der Waals surface area contributed by atoms with Crippen LogP contribution in [0.1, 0.15) is 17.4 Å². The molecule has 0 aliphatic carbocycles. The molecule has 2 amide bonds. The summed E-state index contributed by atoms with van der Waals surface area (Å²) in [6, 6.07) is 6.60. The van der Waals surface area contributed by atoms with Crippen LogP contribution in [0.2, 0.25) is 10.0 Å². The summed E-state index contributed by atoms with van der Waals surface area (Å²) in [5.74, 6) is 0.259. The number of nitrogens with zero attached hydrogens (tertiary/aromatic N) is 4. The first-order valence-electron chi connectivity index (χ1n) is 8.03. The summed E-state index contributed by atoms with van der Waals surface area (Å²) in [4.78, 5) is 35.6. The normalized spacial score (nSPS) is 14.3. The average Bonchev–Trinajstić information content (AvgIpc) is 2.64. The molecule has 1 aromatic heterocycles. The van der Waals surface area contributed by atoms with Gasteiger partial charge in [0.1, 0.15) is 17.8 Å². The van der Waals surface area contributed by atoms with Crippen molar-refractivity contribution in [1.29, 1.82) is 0 Å². The first-order valence-corrected chi connectivity index (χ1v) is 8.78. The van der Waals surface area contributed by atoms with Gasteiger partial charge in [-0.1, -0.05) is 23.2 Å². The summed E-state index contributed by atoms with van der Waals surface area (Å²) in [5, 5.41) is 4.06. The van der Waals surface area contributed by atoms with Gasteiger partial charge in [-0.3, -0.25) is 9.59 Å². The minimum absolute atomic E-state index is 0.0176. The molecule has 1 aliphatic rings. The van der Waals surface area contributed by atoms with E-state index in [0.29, 0.717) is 47.7 Å². The highest BCUT2D eigenvalue weighted by atomic mass is 35.5. The van der Waals surface area contributed by atoms with Gasteiger partial charge < -0.3 is 15.1 Å². The van der Waals surface area contributed by atoms with Crippen LogP contribution in [0.15, 0.2) is 30.6 Å². The second kappa shape index (κ2) is 7.88. The van der Waals surface area contributed by atoms with E-state index in [0.717, 1.165) is 0 Å². The van der Waals surface area contributed by atoms with E-state index >= 15 is 0 Å². The molecule has 0 atom stereocenters. The molecular weight excluding hydrogens is 377 g/mol. The van der Waals surface area contributed by atoms with Crippen LogP contribution in [0.3, 0.4) is 0 Å². The molecular formula is C17H17Cl2N5O2. The Kier molecular flexibility index (Phi) is 5.58. The predicted octanol–water partition coefficient (Wildman–Crippen LogP) is 2.83. The number of benzene rings is 1. The number of hydrogen-bond acceptors (Lipinski definition) is 5. The zero-order chi connectivity index (χ0) is 18.7. The van der Waals surface area contributed by atoms with E-state index < -0.39 is 0 Å². The maximum absolute atomic E-state index is 12.7. The number of rotatable bonds is 3. The molecule has 1 saturated heterocycles. The Balaban J connectivity index is 1.72. The average molecular weight is 394 g/mol. The van der Waals surface area contributed by atoms with Crippen LogP contribution in [0, 0.1) is 0 Å². The number of hydrogen-bond donors (Lipinski definition) is 1. The van der Waals surface area contributed by atoms with Gasteiger partial charge in [0.25, 0.3) is 5.91 Å². The number of halogens is 2. The Bertz CT molecular complexity index is 838. The fraction of sp³-hybridized carbons (Fsp3) is 0.294. The van der Waals surface area contributed by atoms with E-state index in [4.69, 9.17) is 23.2 Å². The molecule has 0 radical (unpaired) electrons. The Hall–Kier alpha value is -2.38. The fourth-order valence-corrected chi connectivity index (χ4v) is 3.00. The first-order chi connectivity index (χ1) is 12.4.